The van der Waals surface area contributed by atoms with Gasteiger partial charge in [-0.2, -0.15) is 0 Å². The van der Waals surface area contributed by atoms with Crippen LogP contribution in [0.1, 0.15) is 40.9 Å². The molecule has 1 amide bonds. The zero-order valence-corrected chi connectivity index (χ0v) is 11.8. The maximum Gasteiger partial charge on any atom is 0.306 e. The number of hydrogen-bond acceptors (Lipinski definition) is 3. The molecule has 0 aromatic carbocycles. The van der Waals surface area contributed by atoms with Crippen molar-refractivity contribution in [2.24, 2.45) is 11.8 Å². The fourth-order valence-corrected chi connectivity index (χ4v) is 3.53. The number of carbonyl (C=O) groups is 2. The van der Waals surface area contributed by atoms with Gasteiger partial charge >= 0.3 is 5.97 Å². The summed E-state index contributed by atoms with van der Waals surface area (Å²) in [5.41, 5.74) is 0.973. The van der Waals surface area contributed by atoms with Gasteiger partial charge in [0.1, 0.15) is 0 Å². The molecule has 0 aliphatic heterocycles. The van der Waals surface area contributed by atoms with Crippen molar-refractivity contribution in [2.75, 3.05) is 6.54 Å². The monoisotopic (exact) mass is 281 g/mol. The maximum atomic E-state index is 12.0. The number of amides is 1. The van der Waals surface area contributed by atoms with Crippen LogP contribution in [0.15, 0.2) is 11.4 Å². The van der Waals surface area contributed by atoms with Crippen LogP contribution in [0, 0.1) is 18.8 Å². The first-order valence-corrected chi connectivity index (χ1v) is 7.52. The van der Waals surface area contributed by atoms with Crippen molar-refractivity contribution in [2.45, 2.75) is 32.6 Å². The van der Waals surface area contributed by atoms with E-state index >= 15 is 0 Å². The SMILES string of the molecule is Cc1ccsc1C(=O)NCC1CCCCC1C(=O)O. The molecule has 0 bridgehead atoms. The van der Waals surface area contributed by atoms with Crippen LogP contribution in [-0.2, 0) is 4.79 Å². The summed E-state index contributed by atoms with van der Waals surface area (Å²) >= 11 is 1.42. The van der Waals surface area contributed by atoms with E-state index in [9.17, 15) is 14.7 Å². The van der Waals surface area contributed by atoms with Crippen LogP contribution in [0.2, 0.25) is 0 Å². The summed E-state index contributed by atoms with van der Waals surface area (Å²) in [6.45, 7) is 2.37. The molecule has 1 aromatic rings. The number of hydrogen-bond donors (Lipinski definition) is 2. The van der Waals surface area contributed by atoms with Crippen LogP contribution < -0.4 is 5.32 Å². The molecule has 0 saturated heterocycles. The van der Waals surface area contributed by atoms with E-state index in [4.69, 9.17) is 0 Å². The van der Waals surface area contributed by atoms with E-state index in [2.05, 4.69) is 5.32 Å². The highest BCUT2D eigenvalue weighted by Crippen LogP contribution is 2.29. The van der Waals surface area contributed by atoms with Crippen molar-refractivity contribution in [3.8, 4) is 0 Å². The Hall–Kier alpha value is -1.36. The van der Waals surface area contributed by atoms with Crippen LogP contribution in [0.5, 0.6) is 0 Å². The van der Waals surface area contributed by atoms with Gasteiger partial charge in [-0.05, 0) is 42.7 Å². The second-order valence-corrected chi connectivity index (χ2v) is 6.05. The summed E-state index contributed by atoms with van der Waals surface area (Å²) in [6.07, 6.45) is 3.66. The summed E-state index contributed by atoms with van der Waals surface area (Å²) in [5.74, 6) is -1.05. The second kappa shape index (κ2) is 6.19. The summed E-state index contributed by atoms with van der Waals surface area (Å²) in [6, 6.07) is 1.92. The van der Waals surface area contributed by atoms with Gasteiger partial charge in [0.2, 0.25) is 0 Å². The lowest BCUT2D eigenvalue weighted by Crippen LogP contribution is -2.37. The second-order valence-electron chi connectivity index (χ2n) is 5.13. The molecule has 1 aliphatic carbocycles. The zero-order valence-electron chi connectivity index (χ0n) is 11.0. The maximum absolute atomic E-state index is 12.0. The Morgan fingerprint density at radius 1 is 1.42 bits per heavy atom. The van der Waals surface area contributed by atoms with E-state index in [1.165, 1.54) is 11.3 Å². The van der Waals surface area contributed by atoms with E-state index in [-0.39, 0.29) is 17.7 Å². The molecule has 1 aromatic heterocycles. The summed E-state index contributed by atoms with van der Waals surface area (Å²) < 4.78 is 0. The van der Waals surface area contributed by atoms with E-state index in [1.54, 1.807) is 0 Å². The summed E-state index contributed by atoms with van der Waals surface area (Å²) in [4.78, 5) is 23.9. The average Bonchev–Trinajstić information content (AvgIpc) is 2.82. The Morgan fingerprint density at radius 3 is 2.79 bits per heavy atom. The van der Waals surface area contributed by atoms with Gasteiger partial charge in [0.05, 0.1) is 10.8 Å². The van der Waals surface area contributed by atoms with Gasteiger partial charge in [-0.3, -0.25) is 9.59 Å². The predicted octanol–water partition coefficient (Wildman–Crippen LogP) is 2.68. The Labute approximate surface area is 116 Å². The van der Waals surface area contributed by atoms with Crippen LogP contribution >= 0.6 is 11.3 Å². The van der Waals surface area contributed by atoms with E-state index in [1.807, 2.05) is 18.4 Å². The molecular formula is C14H19NO3S. The Bertz CT molecular complexity index is 469. The number of carboxylic acids is 1. The molecule has 4 nitrogen and oxygen atoms in total. The number of aryl methyl sites for hydroxylation is 1. The van der Waals surface area contributed by atoms with E-state index in [0.29, 0.717) is 6.54 Å². The van der Waals surface area contributed by atoms with Crippen LogP contribution in [-0.4, -0.2) is 23.5 Å². The zero-order chi connectivity index (χ0) is 13.8. The van der Waals surface area contributed by atoms with E-state index < -0.39 is 5.97 Å². The van der Waals surface area contributed by atoms with Gasteiger partial charge in [-0.25, -0.2) is 0 Å². The van der Waals surface area contributed by atoms with Crippen molar-refractivity contribution < 1.29 is 14.7 Å². The van der Waals surface area contributed by atoms with Crippen molar-refractivity contribution >= 4 is 23.2 Å². The lowest BCUT2D eigenvalue weighted by molar-refractivity contribution is -0.144. The Balaban J connectivity index is 1.92. The Kier molecular flexibility index (Phi) is 4.58. The van der Waals surface area contributed by atoms with Crippen LogP contribution in [0.25, 0.3) is 0 Å². The van der Waals surface area contributed by atoms with Gasteiger partial charge in [-0.1, -0.05) is 12.8 Å². The average molecular weight is 281 g/mol. The van der Waals surface area contributed by atoms with Crippen molar-refractivity contribution in [3.63, 3.8) is 0 Å². The molecular weight excluding hydrogens is 262 g/mol. The first-order chi connectivity index (χ1) is 9.09. The third kappa shape index (κ3) is 3.35. The minimum absolute atomic E-state index is 0.0652. The molecule has 1 fully saturated rings. The molecule has 1 heterocycles. The van der Waals surface area contributed by atoms with Gasteiger partial charge in [-0.15, -0.1) is 11.3 Å². The molecule has 2 N–H and O–H groups in total. The van der Waals surface area contributed by atoms with Gasteiger partial charge in [0, 0.05) is 6.54 Å². The lowest BCUT2D eigenvalue weighted by Gasteiger charge is -2.28. The highest BCUT2D eigenvalue weighted by atomic mass is 32.1. The first-order valence-electron chi connectivity index (χ1n) is 6.64. The third-order valence-corrected chi connectivity index (χ3v) is 4.83. The number of carboxylic acid groups (broad SMARTS) is 1. The molecule has 1 aliphatic rings. The predicted molar refractivity (Wildman–Crippen MR) is 74.5 cm³/mol. The number of thiophene rings is 1. The third-order valence-electron chi connectivity index (χ3n) is 3.82. The Morgan fingerprint density at radius 2 is 2.16 bits per heavy atom. The van der Waals surface area contributed by atoms with Crippen molar-refractivity contribution in [1.82, 2.24) is 5.32 Å². The quantitative estimate of drug-likeness (QED) is 0.891. The highest BCUT2D eigenvalue weighted by molar-refractivity contribution is 7.12. The number of carbonyl (C=O) groups excluding carboxylic acids is 1. The molecule has 5 heteroatoms. The van der Waals surface area contributed by atoms with Crippen LogP contribution in [0.4, 0.5) is 0 Å². The number of rotatable bonds is 4. The van der Waals surface area contributed by atoms with Crippen LogP contribution in [0.3, 0.4) is 0 Å². The lowest BCUT2D eigenvalue weighted by atomic mass is 9.79. The fourth-order valence-electron chi connectivity index (χ4n) is 2.69. The minimum Gasteiger partial charge on any atom is -0.481 e. The highest BCUT2D eigenvalue weighted by Gasteiger charge is 2.30. The van der Waals surface area contributed by atoms with Crippen molar-refractivity contribution in [3.05, 3.63) is 21.9 Å². The molecule has 0 spiro atoms. The summed E-state index contributed by atoms with van der Waals surface area (Å²) in [5, 5.41) is 14.0. The van der Waals surface area contributed by atoms with Crippen molar-refractivity contribution in [1.29, 1.82) is 0 Å². The number of aliphatic carboxylic acids is 1. The molecule has 0 radical (unpaired) electrons. The molecule has 1 saturated carbocycles. The van der Waals surface area contributed by atoms with Gasteiger partial charge in [0.25, 0.3) is 5.91 Å². The molecule has 104 valence electrons. The normalized spacial score (nSPS) is 23.0. The van der Waals surface area contributed by atoms with Gasteiger partial charge < -0.3 is 10.4 Å². The largest absolute Gasteiger partial charge is 0.481 e. The molecule has 19 heavy (non-hydrogen) atoms. The fraction of sp³-hybridized carbons (Fsp3) is 0.571. The standard InChI is InChI=1S/C14H19NO3S/c1-9-6-7-19-12(9)13(16)15-8-10-4-2-3-5-11(10)14(17)18/h6-7,10-11H,2-5,8H2,1H3,(H,15,16)(H,17,18). The smallest absolute Gasteiger partial charge is 0.306 e. The minimum atomic E-state index is -0.730. The molecule has 2 atom stereocenters. The number of nitrogens with one attached hydrogen (secondary N) is 1. The molecule has 2 rings (SSSR count). The summed E-state index contributed by atoms with van der Waals surface area (Å²) in [7, 11) is 0. The van der Waals surface area contributed by atoms with Gasteiger partial charge in [0.15, 0.2) is 0 Å². The van der Waals surface area contributed by atoms with E-state index in [0.717, 1.165) is 36.1 Å². The molecule has 2 unspecified atom stereocenters. The topological polar surface area (TPSA) is 66.4 Å². The first kappa shape index (κ1) is 14.1.